The van der Waals surface area contributed by atoms with Crippen molar-refractivity contribution in [2.75, 3.05) is 0 Å². The minimum Gasteiger partial charge on any atom is -0.479 e. The summed E-state index contributed by atoms with van der Waals surface area (Å²) in [7, 11) is 0. The van der Waals surface area contributed by atoms with Gasteiger partial charge in [-0.3, -0.25) is 4.79 Å². The largest absolute Gasteiger partial charge is 0.479 e. The van der Waals surface area contributed by atoms with Gasteiger partial charge in [0.15, 0.2) is 0 Å². The highest BCUT2D eigenvalue weighted by Crippen LogP contribution is 2.25. The quantitative estimate of drug-likeness (QED) is 0.703. The van der Waals surface area contributed by atoms with E-state index in [1.165, 1.54) is 6.92 Å². The number of nitrogens with one attached hydrogen (secondary N) is 1. The van der Waals surface area contributed by atoms with Gasteiger partial charge in [0.25, 0.3) is 5.91 Å². The maximum absolute atomic E-state index is 12.0. The van der Waals surface area contributed by atoms with E-state index in [1.807, 2.05) is 6.92 Å². The highest BCUT2D eigenvalue weighted by atomic mass is 16.4. The lowest BCUT2D eigenvalue weighted by molar-refractivity contribution is -0.153. The summed E-state index contributed by atoms with van der Waals surface area (Å²) in [6.07, 6.45) is 1.46. The second-order valence-electron chi connectivity index (χ2n) is 4.40. The Hall–Kier alpha value is -1.59. The standard InChI is InChI=1S/C11H18N2O4/c1-4-6-7-8(14)13(10(17)12-7)11(3,5-2)9(15)16/h7H,4-6H2,1-3H3,(H,12,17)(H,15,16). The van der Waals surface area contributed by atoms with Crippen LogP contribution in [-0.4, -0.2) is 39.5 Å². The molecule has 1 saturated heterocycles. The van der Waals surface area contributed by atoms with Crippen molar-refractivity contribution < 1.29 is 19.5 Å². The zero-order valence-corrected chi connectivity index (χ0v) is 10.3. The van der Waals surface area contributed by atoms with Gasteiger partial charge in [-0.25, -0.2) is 14.5 Å². The zero-order valence-electron chi connectivity index (χ0n) is 10.3. The Morgan fingerprint density at radius 1 is 1.47 bits per heavy atom. The molecule has 0 aromatic heterocycles. The van der Waals surface area contributed by atoms with Gasteiger partial charge in [-0.2, -0.15) is 0 Å². The summed E-state index contributed by atoms with van der Waals surface area (Å²) in [5.41, 5.74) is -1.47. The summed E-state index contributed by atoms with van der Waals surface area (Å²) < 4.78 is 0. The van der Waals surface area contributed by atoms with E-state index in [0.29, 0.717) is 6.42 Å². The molecule has 0 radical (unpaired) electrons. The molecule has 0 spiro atoms. The lowest BCUT2D eigenvalue weighted by Crippen LogP contribution is -2.55. The summed E-state index contributed by atoms with van der Waals surface area (Å²) >= 11 is 0. The van der Waals surface area contributed by atoms with Crippen molar-refractivity contribution in [2.24, 2.45) is 0 Å². The second kappa shape index (κ2) is 4.73. The van der Waals surface area contributed by atoms with Crippen LogP contribution in [0.2, 0.25) is 0 Å². The average Bonchev–Trinajstić information content (AvgIpc) is 2.54. The normalized spacial score (nSPS) is 23.5. The number of carbonyl (C=O) groups excluding carboxylic acids is 2. The molecule has 1 aliphatic rings. The first-order valence-electron chi connectivity index (χ1n) is 5.76. The van der Waals surface area contributed by atoms with E-state index < -0.39 is 29.5 Å². The van der Waals surface area contributed by atoms with Crippen LogP contribution in [-0.2, 0) is 9.59 Å². The molecule has 3 amide bonds. The predicted octanol–water partition coefficient (Wildman–Crippen LogP) is 0.960. The first kappa shape index (κ1) is 13.5. The van der Waals surface area contributed by atoms with E-state index in [2.05, 4.69) is 5.32 Å². The van der Waals surface area contributed by atoms with Crippen LogP contribution in [0.15, 0.2) is 0 Å². The number of hydrogen-bond donors (Lipinski definition) is 2. The van der Waals surface area contributed by atoms with Gasteiger partial charge in [0, 0.05) is 0 Å². The number of carboxylic acid groups (broad SMARTS) is 1. The monoisotopic (exact) mass is 242 g/mol. The molecule has 0 bridgehead atoms. The molecule has 0 saturated carbocycles. The maximum Gasteiger partial charge on any atom is 0.329 e. The van der Waals surface area contributed by atoms with Gasteiger partial charge < -0.3 is 10.4 Å². The molecule has 1 aliphatic heterocycles. The van der Waals surface area contributed by atoms with Crippen LogP contribution in [0, 0.1) is 0 Å². The van der Waals surface area contributed by atoms with Crippen LogP contribution in [0.25, 0.3) is 0 Å². The number of urea groups is 1. The average molecular weight is 242 g/mol. The smallest absolute Gasteiger partial charge is 0.329 e. The van der Waals surface area contributed by atoms with Crippen molar-refractivity contribution in [1.29, 1.82) is 0 Å². The van der Waals surface area contributed by atoms with E-state index in [1.54, 1.807) is 6.92 Å². The van der Waals surface area contributed by atoms with Crippen LogP contribution in [0.5, 0.6) is 0 Å². The van der Waals surface area contributed by atoms with Crippen molar-refractivity contribution in [3.63, 3.8) is 0 Å². The summed E-state index contributed by atoms with van der Waals surface area (Å²) in [5.74, 6) is -1.61. The minimum absolute atomic E-state index is 0.181. The third-order valence-electron chi connectivity index (χ3n) is 3.24. The molecule has 6 heteroatoms. The molecule has 2 N–H and O–H groups in total. The van der Waals surface area contributed by atoms with Crippen molar-refractivity contribution >= 4 is 17.9 Å². The third-order valence-corrected chi connectivity index (χ3v) is 3.24. The SMILES string of the molecule is CCCC1NC(=O)N(C(C)(CC)C(=O)O)C1=O. The van der Waals surface area contributed by atoms with E-state index in [0.717, 1.165) is 11.3 Å². The molecule has 6 nitrogen and oxygen atoms in total. The predicted molar refractivity (Wildman–Crippen MR) is 60.4 cm³/mol. The summed E-state index contributed by atoms with van der Waals surface area (Å²) in [4.78, 5) is 35.8. The van der Waals surface area contributed by atoms with Crippen molar-refractivity contribution in [1.82, 2.24) is 10.2 Å². The fourth-order valence-corrected chi connectivity index (χ4v) is 1.89. The van der Waals surface area contributed by atoms with Crippen molar-refractivity contribution in [3.05, 3.63) is 0 Å². The number of carbonyl (C=O) groups is 3. The number of nitrogens with zero attached hydrogens (tertiary/aromatic N) is 1. The Bertz CT molecular complexity index is 355. The topological polar surface area (TPSA) is 86.7 Å². The zero-order chi connectivity index (χ0) is 13.2. The van der Waals surface area contributed by atoms with Gasteiger partial charge in [0.05, 0.1) is 0 Å². The molecule has 2 unspecified atom stereocenters. The van der Waals surface area contributed by atoms with Crippen LogP contribution in [0.4, 0.5) is 4.79 Å². The molecule has 0 aliphatic carbocycles. The summed E-state index contributed by atoms with van der Waals surface area (Å²) in [5, 5.41) is 11.7. The maximum atomic E-state index is 12.0. The Kier molecular flexibility index (Phi) is 3.75. The van der Waals surface area contributed by atoms with E-state index in [-0.39, 0.29) is 6.42 Å². The molecule has 1 fully saturated rings. The molecule has 2 atom stereocenters. The van der Waals surface area contributed by atoms with Gasteiger partial charge in [-0.05, 0) is 19.8 Å². The van der Waals surface area contributed by atoms with E-state index >= 15 is 0 Å². The van der Waals surface area contributed by atoms with Gasteiger partial charge in [-0.1, -0.05) is 20.3 Å². The van der Waals surface area contributed by atoms with Crippen molar-refractivity contribution in [2.45, 2.75) is 51.6 Å². The molecular weight excluding hydrogens is 224 g/mol. The second-order valence-corrected chi connectivity index (χ2v) is 4.40. The lowest BCUT2D eigenvalue weighted by atomic mass is 9.96. The molecule has 0 aromatic rings. The van der Waals surface area contributed by atoms with E-state index in [9.17, 15) is 19.5 Å². The molecule has 1 rings (SSSR count). The van der Waals surface area contributed by atoms with Crippen LogP contribution >= 0.6 is 0 Å². The Balaban J connectivity index is 3.02. The first-order chi connectivity index (χ1) is 7.88. The Labute approximate surface area is 100.0 Å². The fraction of sp³-hybridized carbons (Fsp3) is 0.727. The van der Waals surface area contributed by atoms with Crippen LogP contribution in [0.3, 0.4) is 0 Å². The Morgan fingerprint density at radius 3 is 2.47 bits per heavy atom. The van der Waals surface area contributed by atoms with Crippen LogP contribution < -0.4 is 5.32 Å². The fourth-order valence-electron chi connectivity index (χ4n) is 1.89. The highest BCUT2D eigenvalue weighted by molar-refractivity contribution is 6.07. The van der Waals surface area contributed by atoms with Gasteiger partial charge in [0.2, 0.25) is 0 Å². The molecule has 17 heavy (non-hydrogen) atoms. The summed E-state index contributed by atoms with van der Waals surface area (Å²) in [6.45, 7) is 4.93. The first-order valence-corrected chi connectivity index (χ1v) is 5.76. The van der Waals surface area contributed by atoms with Gasteiger partial charge in [0.1, 0.15) is 11.6 Å². The molecule has 1 heterocycles. The molecular formula is C11H18N2O4. The lowest BCUT2D eigenvalue weighted by Gasteiger charge is -2.31. The van der Waals surface area contributed by atoms with Crippen molar-refractivity contribution in [3.8, 4) is 0 Å². The number of aliphatic carboxylic acids is 1. The molecule has 0 aromatic carbocycles. The Morgan fingerprint density at radius 2 is 2.06 bits per heavy atom. The minimum atomic E-state index is -1.47. The summed E-state index contributed by atoms with van der Waals surface area (Å²) in [6, 6.07) is -1.20. The highest BCUT2D eigenvalue weighted by Gasteiger charge is 2.50. The van der Waals surface area contributed by atoms with E-state index in [4.69, 9.17) is 0 Å². The number of rotatable bonds is 5. The number of amides is 3. The number of hydrogen-bond acceptors (Lipinski definition) is 3. The third kappa shape index (κ3) is 2.11. The van der Waals surface area contributed by atoms with Crippen LogP contribution in [0.1, 0.15) is 40.0 Å². The molecule has 96 valence electrons. The number of imide groups is 1. The van der Waals surface area contributed by atoms with Gasteiger partial charge >= 0.3 is 12.0 Å². The number of carboxylic acids is 1. The van der Waals surface area contributed by atoms with Gasteiger partial charge in [-0.15, -0.1) is 0 Å².